The van der Waals surface area contributed by atoms with Gasteiger partial charge in [-0.2, -0.15) is 0 Å². The lowest BCUT2D eigenvalue weighted by molar-refractivity contribution is -0.384. The molecule has 6 nitrogen and oxygen atoms in total. The van der Waals surface area contributed by atoms with E-state index in [-0.39, 0.29) is 11.5 Å². The average molecular weight is 343 g/mol. The summed E-state index contributed by atoms with van der Waals surface area (Å²) in [6.45, 7) is 0. The van der Waals surface area contributed by atoms with Gasteiger partial charge in [0.15, 0.2) is 0 Å². The van der Waals surface area contributed by atoms with Gasteiger partial charge in [0, 0.05) is 17.9 Å². The number of nitro groups is 1. The van der Waals surface area contributed by atoms with Crippen LogP contribution in [-0.2, 0) is 0 Å². The van der Waals surface area contributed by atoms with Crippen LogP contribution >= 0.6 is 11.8 Å². The summed E-state index contributed by atoms with van der Waals surface area (Å²) < 4.78 is 5.97. The highest BCUT2D eigenvalue weighted by Gasteiger charge is 2.62. The SMILES string of the molecule is O=C1c2ccccc2O[C@]12[C@@H](O)CS[C@H]2c1ccc([N+](=O)[O-])cc1. The van der Waals surface area contributed by atoms with E-state index in [0.717, 1.165) is 5.56 Å². The molecule has 2 aliphatic heterocycles. The monoisotopic (exact) mass is 343 g/mol. The summed E-state index contributed by atoms with van der Waals surface area (Å²) in [5, 5.41) is 20.9. The maximum atomic E-state index is 13.0. The smallest absolute Gasteiger partial charge is 0.269 e. The van der Waals surface area contributed by atoms with Crippen molar-refractivity contribution in [2.75, 3.05) is 5.75 Å². The second kappa shape index (κ2) is 5.32. The zero-order chi connectivity index (χ0) is 16.9. The number of aliphatic hydroxyl groups is 1. The van der Waals surface area contributed by atoms with E-state index in [4.69, 9.17) is 4.74 Å². The minimum atomic E-state index is -1.37. The van der Waals surface area contributed by atoms with E-state index in [1.807, 2.05) is 0 Å². The minimum Gasteiger partial charge on any atom is -0.474 e. The Morgan fingerprint density at radius 2 is 1.92 bits per heavy atom. The largest absolute Gasteiger partial charge is 0.474 e. The van der Waals surface area contributed by atoms with Crippen molar-refractivity contribution in [1.29, 1.82) is 0 Å². The van der Waals surface area contributed by atoms with Gasteiger partial charge in [-0.1, -0.05) is 24.3 Å². The molecule has 7 heteroatoms. The van der Waals surface area contributed by atoms with Gasteiger partial charge in [-0.3, -0.25) is 14.9 Å². The first-order chi connectivity index (χ1) is 11.5. The molecule has 0 radical (unpaired) electrons. The van der Waals surface area contributed by atoms with Crippen LogP contribution in [0.3, 0.4) is 0 Å². The van der Waals surface area contributed by atoms with Crippen LogP contribution in [0.2, 0.25) is 0 Å². The molecule has 0 saturated carbocycles. The summed E-state index contributed by atoms with van der Waals surface area (Å²) >= 11 is 1.42. The fraction of sp³-hybridized carbons (Fsp3) is 0.235. The molecule has 0 aliphatic carbocycles. The van der Waals surface area contributed by atoms with Crippen molar-refractivity contribution in [3.8, 4) is 5.75 Å². The van der Waals surface area contributed by atoms with Crippen molar-refractivity contribution >= 4 is 23.2 Å². The lowest BCUT2D eigenvalue weighted by atomic mass is 9.84. The number of carbonyl (C=O) groups is 1. The van der Waals surface area contributed by atoms with Gasteiger partial charge in [-0.15, -0.1) is 11.8 Å². The molecular weight excluding hydrogens is 330 g/mol. The fourth-order valence-corrected chi connectivity index (χ4v) is 4.83. The molecule has 2 aromatic rings. The predicted octanol–water partition coefficient (Wildman–Crippen LogP) is 2.76. The predicted molar refractivity (Wildman–Crippen MR) is 88.4 cm³/mol. The number of ether oxygens (including phenoxy) is 1. The molecule has 0 amide bonds. The van der Waals surface area contributed by atoms with Crippen LogP contribution in [0, 0.1) is 10.1 Å². The lowest BCUT2D eigenvalue weighted by Crippen LogP contribution is -2.51. The number of aliphatic hydroxyl groups excluding tert-OH is 1. The molecule has 0 unspecified atom stereocenters. The molecule has 2 aliphatic rings. The Morgan fingerprint density at radius 3 is 2.58 bits per heavy atom. The highest BCUT2D eigenvalue weighted by atomic mass is 32.2. The Balaban J connectivity index is 1.77. The number of rotatable bonds is 2. The number of para-hydroxylation sites is 1. The van der Waals surface area contributed by atoms with Gasteiger partial charge >= 0.3 is 0 Å². The number of nitrogens with zero attached hydrogens (tertiary/aromatic N) is 1. The number of non-ortho nitro benzene ring substituents is 1. The van der Waals surface area contributed by atoms with Crippen molar-refractivity contribution in [1.82, 2.24) is 0 Å². The summed E-state index contributed by atoms with van der Waals surface area (Å²) in [6, 6.07) is 13.0. The molecule has 122 valence electrons. The first kappa shape index (κ1) is 15.2. The molecule has 2 aromatic carbocycles. The summed E-state index contributed by atoms with van der Waals surface area (Å²) in [4.78, 5) is 23.3. The molecule has 4 rings (SSSR count). The quantitative estimate of drug-likeness (QED) is 0.666. The number of ketones is 1. The number of hydrogen-bond donors (Lipinski definition) is 1. The van der Waals surface area contributed by atoms with Gasteiger partial charge < -0.3 is 9.84 Å². The topological polar surface area (TPSA) is 89.7 Å². The number of Topliss-reactive ketones (excluding diaryl/α,β-unsaturated/α-hetero) is 1. The Kier molecular flexibility index (Phi) is 3.36. The standard InChI is InChI=1S/C17H13NO5S/c19-14-9-24-16(10-5-7-11(8-6-10)18(21)22)17(14)15(20)12-3-1-2-4-13(12)23-17/h1-8,14,16,19H,9H2/t14-,16-,17+/m0/s1. The maximum absolute atomic E-state index is 13.0. The Hall–Kier alpha value is -2.38. The van der Waals surface area contributed by atoms with Crippen LogP contribution in [0.5, 0.6) is 5.75 Å². The fourth-order valence-electron chi connectivity index (χ4n) is 3.30. The zero-order valence-corrected chi connectivity index (χ0v) is 13.2. The number of fused-ring (bicyclic) bond motifs is 1. The molecule has 0 aromatic heterocycles. The molecule has 1 spiro atoms. The maximum Gasteiger partial charge on any atom is 0.269 e. The Morgan fingerprint density at radius 1 is 1.21 bits per heavy atom. The number of benzene rings is 2. The van der Waals surface area contributed by atoms with Gasteiger partial charge in [0.1, 0.15) is 11.9 Å². The van der Waals surface area contributed by atoms with Gasteiger partial charge in [-0.05, 0) is 17.7 Å². The van der Waals surface area contributed by atoms with Crippen molar-refractivity contribution in [3.05, 3.63) is 69.8 Å². The van der Waals surface area contributed by atoms with Crippen LogP contribution in [0.25, 0.3) is 0 Å². The van der Waals surface area contributed by atoms with Gasteiger partial charge in [0.25, 0.3) is 5.69 Å². The average Bonchev–Trinajstić information content (AvgIpc) is 3.07. The Bertz CT molecular complexity index is 837. The van der Waals surface area contributed by atoms with Gasteiger partial charge in [0.05, 0.1) is 15.7 Å². The number of thioether (sulfide) groups is 1. The third kappa shape index (κ3) is 1.98. The molecule has 1 N–H and O–H groups in total. The van der Waals surface area contributed by atoms with Crippen LogP contribution < -0.4 is 4.74 Å². The summed E-state index contributed by atoms with van der Waals surface area (Å²) in [5.41, 5.74) is -0.197. The van der Waals surface area contributed by atoms with Gasteiger partial charge in [-0.25, -0.2) is 0 Å². The lowest BCUT2D eigenvalue weighted by Gasteiger charge is -2.31. The minimum absolute atomic E-state index is 0.0155. The van der Waals surface area contributed by atoms with Crippen molar-refractivity contribution in [2.45, 2.75) is 17.0 Å². The first-order valence-corrected chi connectivity index (χ1v) is 8.46. The second-order valence-electron chi connectivity index (χ2n) is 5.80. The molecule has 0 bridgehead atoms. The van der Waals surface area contributed by atoms with E-state index < -0.39 is 21.9 Å². The van der Waals surface area contributed by atoms with E-state index in [1.54, 1.807) is 36.4 Å². The van der Waals surface area contributed by atoms with Crippen LogP contribution in [0.15, 0.2) is 48.5 Å². The third-order valence-electron chi connectivity index (χ3n) is 4.48. The summed E-state index contributed by atoms with van der Waals surface area (Å²) in [5.74, 6) is 0.594. The molecule has 3 atom stereocenters. The second-order valence-corrected chi connectivity index (χ2v) is 6.94. The number of nitro benzene ring substituents is 1. The van der Waals surface area contributed by atoms with Gasteiger partial charge in [0.2, 0.25) is 11.4 Å². The van der Waals surface area contributed by atoms with E-state index in [9.17, 15) is 20.0 Å². The van der Waals surface area contributed by atoms with Crippen molar-refractivity contribution in [2.24, 2.45) is 0 Å². The third-order valence-corrected chi connectivity index (χ3v) is 5.94. The molecule has 1 fully saturated rings. The molecular formula is C17H13NO5S. The Labute approximate surface area is 141 Å². The molecule has 2 heterocycles. The van der Waals surface area contributed by atoms with Crippen molar-refractivity contribution in [3.63, 3.8) is 0 Å². The van der Waals surface area contributed by atoms with Crippen molar-refractivity contribution < 1.29 is 19.6 Å². The van der Waals surface area contributed by atoms with E-state index in [2.05, 4.69) is 0 Å². The van der Waals surface area contributed by atoms with Crippen LogP contribution in [0.1, 0.15) is 21.2 Å². The number of hydrogen-bond acceptors (Lipinski definition) is 6. The van der Waals surface area contributed by atoms with Crippen LogP contribution in [0.4, 0.5) is 5.69 Å². The molecule has 24 heavy (non-hydrogen) atoms. The van der Waals surface area contributed by atoms with E-state index in [1.165, 1.54) is 23.9 Å². The normalized spacial score (nSPS) is 28.0. The number of carbonyl (C=O) groups excluding carboxylic acids is 1. The van der Waals surface area contributed by atoms with E-state index in [0.29, 0.717) is 17.1 Å². The summed E-state index contributed by atoms with van der Waals surface area (Å²) in [6.07, 6.45) is -0.942. The highest BCUT2D eigenvalue weighted by Crippen LogP contribution is 2.54. The van der Waals surface area contributed by atoms with Crippen LogP contribution in [-0.4, -0.2) is 33.3 Å². The molecule has 1 saturated heterocycles. The summed E-state index contributed by atoms with van der Waals surface area (Å²) in [7, 11) is 0. The van der Waals surface area contributed by atoms with E-state index >= 15 is 0 Å². The first-order valence-electron chi connectivity index (χ1n) is 7.41. The zero-order valence-electron chi connectivity index (χ0n) is 12.4. The highest BCUT2D eigenvalue weighted by molar-refractivity contribution is 8.00.